The van der Waals surface area contributed by atoms with Crippen LogP contribution in [0.1, 0.15) is 31.7 Å². The maximum Gasteiger partial charge on any atom is 0.231 e. The normalized spacial score (nSPS) is 16.6. The van der Waals surface area contributed by atoms with Crippen LogP contribution in [-0.4, -0.2) is 6.79 Å². The SMILES string of the molecule is CCC(C)C(C#N)c1ccc2c(c1)OCO2. The minimum Gasteiger partial charge on any atom is -0.454 e. The van der Waals surface area contributed by atoms with Crippen molar-refractivity contribution in [3.8, 4) is 17.6 Å². The van der Waals surface area contributed by atoms with Crippen molar-refractivity contribution in [3.05, 3.63) is 23.8 Å². The van der Waals surface area contributed by atoms with Gasteiger partial charge in [-0.05, 0) is 23.6 Å². The van der Waals surface area contributed by atoms with Gasteiger partial charge in [0.15, 0.2) is 11.5 Å². The summed E-state index contributed by atoms with van der Waals surface area (Å²) in [5, 5.41) is 9.21. The molecule has 0 radical (unpaired) electrons. The molecule has 1 aliphatic rings. The molecule has 84 valence electrons. The van der Waals surface area contributed by atoms with Crippen molar-refractivity contribution < 1.29 is 9.47 Å². The Morgan fingerprint density at radius 1 is 1.38 bits per heavy atom. The van der Waals surface area contributed by atoms with E-state index in [0.717, 1.165) is 23.5 Å². The van der Waals surface area contributed by atoms with Gasteiger partial charge < -0.3 is 9.47 Å². The van der Waals surface area contributed by atoms with Gasteiger partial charge in [-0.2, -0.15) is 5.26 Å². The lowest BCUT2D eigenvalue weighted by Crippen LogP contribution is -2.06. The first-order valence-electron chi connectivity index (χ1n) is 5.55. The highest BCUT2D eigenvalue weighted by Crippen LogP contribution is 2.36. The molecular weight excluding hydrogens is 202 g/mol. The summed E-state index contributed by atoms with van der Waals surface area (Å²) in [5.41, 5.74) is 1.01. The van der Waals surface area contributed by atoms with E-state index < -0.39 is 0 Å². The number of ether oxygens (including phenoxy) is 2. The third kappa shape index (κ3) is 1.83. The van der Waals surface area contributed by atoms with Crippen molar-refractivity contribution in [3.63, 3.8) is 0 Å². The Morgan fingerprint density at radius 2 is 2.12 bits per heavy atom. The van der Waals surface area contributed by atoms with E-state index in [9.17, 15) is 5.26 Å². The number of rotatable bonds is 3. The second-order valence-corrected chi connectivity index (χ2v) is 4.11. The van der Waals surface area contributed by atoms with Crippen LogP contribution >= 0.6 is 0 Å². The number of hydrogen-bond acceptors (Lipinski definition) is 3. The summed E-state index contributed by atoms with van der Waals surface area (Å²) in [6, 6.07) is 8.11. The fourth-order valence-electron chi connectivity index (χ4n) is 1.87. The smallest absolute Gasteiger partial charge is 0.231 e. The minimum absolute atomic E-state index is 0.0699. The zero-order valence-electron chi connectivity index (χ0n) is 9.56. The predicted octanol–water partition coefficient (Wildman–Crippen LogP) is 3.07. The molecule has 0 amide bonds. The summed E-state index contributed by atoms with van der Waals surface area (Å²) in [6.07, 6.45) is 0.993. The van der Waals surface area contributed by atoms with Gasteiger partial charge in [0.25, 0.3) is 0 Å². The first-order chi connectivity index (χ1) is 7.76. The zero-order chi connectivity index (χ0) is 11.5. The quantitative estimate of drug-likeness (QED) is 0.781. The highest BCUT2D eigenvalue weighted by molar-refractivity contribution is 5.46. The van der Waals surface area contributed by atoms with Gasteiger partial charge in [-0.25, -0.2) is 0 Å². The molecule has 0 aliphatic carbocycles. The lowest BCUT2D eigenvalue weighted by Gasteiger charge is -2.16. The molecule has 2 unspecified atom stereocenters. The van der Waals surface area contributed by atoms with Gasteiger partial charge in [-0.1, -0.05) is 26.3 Å². The number of fused-ring (bicyclic) bond motifs is 1. The predicted molar refractivity (Wildman–Crippen MR) is 60.4 cm³/mol. The Morgan fingerprint density at radius 3 is 2.81 bits per heavy atom. The molecule has 1 heterocycles. The number of nitriles is 1. The van der Waals surface area contributed by atoms with Crippen LogP contribution in [0.2, 0.25) is 0 Å². The van der Waals surface area contributed by atoms with E-state index in [1.807, 2.05) is 18.2 Å². The third-order valence-corrected chi connectivity index (χ3v) is 3.11. The van der Waals surface area contributed by atoms with Crippen LogP contribution in [0.25, 0.3) is 0 Å². The molecule has 1 aromatic rings. The molecular formula is C13H15NO2. The molecule has 0 spiro atoms. The molecule has 0 saturated carbocycles. The Kier molecular flexibility index (Phi) is 3.00. The first kappa shape index (κ1) is 10.8. The Labute approximate surface area is 95.6 Å². The Hall–Kier alpha value is -1.69. The maximum atomic E-state index is 9.21. The van der Waals surface area contributed by atoms with Gasteiger partial charge in [0.05, 0.1) is 12.0 Å². The number of hydrogen-bond donors (Lipinski definition) is 0. The summed E-state index contributed by atoms with van der Waals surface area (Å²) in [5.74, 6) is 1.80. The van der Waals surface area contributed by atoms with Crippen molar-refractivity contribution in [2.75, 3.05) is 6.79 Å². The largest absolute Gasteiger partial charge is 0.454 e. The topological polar surface area (TPSA) is 42.2 Å². The van der Waals surface area contributed by atoms with Crippen LogP contribution in [0.15, 0.2) is 18.2 Å². The zero-order valence-corrected chi connectivity index (χ0v) is 9.56. The standard InChI is InChI=1S/C13H15NO2/c1-3-9(2)11(7-14)10-4-5-12-13(6-10)16-8-15-12/h4-6,9,11H,3,8H2,1-2H3. The summed E-state index contributed by atoms with van der Waals surface area (Å²) in [6.45, 7) is 4.47. The summed E-state index contributed by atoms with van der Waals surface area (Å²) < 4.78 is 10.6. The average molecular weight is 217 g/mol. The Bertz CT molecular complexity index is 422. The molecule has 0 aromatic heterocycles. The third-order valence-electron chi connectivity index (χ3n) is 3.11. The van der Waals surface area contributed by atoms with E-state index in [4.69, 9.17) is 9.47 Å². The van der Waals surface area contributed by atoms with Gasteiger partial charge in [0.1, 0.15) is 0 Å². The van der Waals surface area contributed by atoms with Gasteiger partial charge in [0.2, 0.25) is 6.79 Å². The van der Waals surface area contributed by atoms with Crippen LogP contribution < -0.4 is 9.47 Å². The molecule has 0 fully saturated rings. The van der Waals surface area contributed by atoms with Crippen molar-refractivity contribution in [2.24, 2.45) is 5.92 Å². The van der Waals surface area contributed by atoms with E-state index in [-0.39, 0.29) is 12.7 Å². The lowest BCUT2D eigenvalue weighted by molar-refractivity contribution is 0.174. The van der Waals surface area contributed by atoms with Crippen LogP contribution in [0.5, 0.6) is 11.5 Å². The molecule has 0 N–H and O–H groups in total. The van der Waals surface area contributed by atoms with Crippen molar-refractivity contribution in [2.45, 2.75) is 26.2 Å². The summed E-state index contributed by atoms with van der Waals surface area (Å²) in [7, 11) is 0. The molecule has 3 heteroatoms. The summed E-state index contributed by atoms with van der Waals surface area (Å²) >= 11 is 0. The van der Waals surface area contributed by atoms with E-state index in [2.05, 4.69) is 19.9 Å². The van der Waals surface area contributed by atoms with Gasteiger partial charge in [0, 0.05) is 0 Å². The minimum atomic E-state index is -0.0699. The van der Waals surface area contributed by atoms with Crippen LogP contribution in [0.4, 0.5) is 0 Å². The van der Waals surface area contributed by atoms with Crippen LogP contribution in [-0.2, 0) is 0 Å². The molecule has 2 atom stereocenters. The maximum absolute atomic E-state index is 9.21. The molecule has 1 aromatic carbocycles. The first-order valence-corrected chi connectivity index (χ1v) is 5.55. The van der Waals surface area contributed by atoms with E-state index in [1.165, 1.54) is 0 Å². The second kappa shape index (κ2) is 4.44. The van der Waals surface area contributed by atoms with E-state index in [0.29, 0.717) is 5.92 Å². The Balaban J connectivity index is 2.30. The molecule has 0 bridgehead atoms. The van der Waals surface area contributed by atoms with Gasteiger partial charge in [-0.3, -0.25) is 0 Å². The van der Waals surface area contributed by atoms with Crippen LogP contribution in [0, 0.1) is 17.2 Å². The number of nitrogens with zero attached hydrogens (tertiary/aromatic N) is 1. The van der Waals surface area contributed by atoms with E-state index >= 15 is 0 Å². The van der Waals surface area contributed by atoms with Crippen molar-refractivity contribution >= 4 is 0 Å². The van der Waals surface area contributed by atoms with Crippen LogP contribution in [0.3, 0.4) is 0 Å². The van der Waals surface area contributed by atoms with Crippen molar-refractivity contribution in [1.82, 2.24) is 0 Å². The van der Waals surface area contributed by atoms with Gasteiger partial charge in [-0.15, -0.1) is 0 Å². The summed E-state index contributed by atoms with van der Waals surface area (Å²) in [4.78, 5) is 0. The monoisotopic (exact) mass is 217 g/mol. The molecule has 2 rings (SSSR count). The second-order valence-electron chi connectivity index (χ2n) is 4.11. The van der Waals surface area contributed by atoms with Crippen molar-refractivity contribution in [1.29, 1.82) is 5.26 Å². The number of benzene rings is 1. The lowest BCUT2D eigenvalue weighted by atomic mass is 9.87. The van der Waals surface area contributed by atoms with E-state index in [1.54, 1.807) is 0 Å². The molecule has 16 heavy (non-hydrogen) atoms. The average Bonchev–Trinajstić information content (AvgIpc) is 2.77. The highest BCUT2D eigenvalue weighted by atomic mass is 16.7. The fraction of sp³-hybridized carbons (Fsp3) is 0.462. The van der Waals surface area contributed by atoms with Gasteiger partial charge >= 0.3 is 0 Å². The molecule has 1 aliphatic heterocycles. The molecule has 0 saturated heterocycles. The molecule has 3 nitrogen and oxygen atoms in total. The highest BCUT2D eigenvalue weighted by Gasteiger charge is 2.21. The fourth-order valence-corrected chi connectivity index (χ4v) is 1.87.